The average molecular weight is 300 g/mol. The van der Waals surface area contributed by atoms with Crippen molar-refractivity contribution in [1.82, 2.24) is 14.4 Å². The molecule has 0 spiro atoms. The predicted molar refractivity (Wildman–Crippen MR) is 91.3 cm³/mol. The SMILES string of the molecule is c1ccc(C(Nc2nccn3ccnc23)c2ccccc2)cc1. The number of fused-ring (bicyclic) bond motifs is 1. The molecule has 0 atom stereocenters. The lowest BCUT2D eigenvalue weighted by atomic mass is 9.99. The summed E-state index contributed by atoms with van der Waals surface area (Å²) in [5, 5.41) is 3.55. The van der Waals surface area contributed by atoms with Crippen LogP contribution in [0, 0.1) is 0 Å². The molecular formula is C19H16N4. The lowest BCUT2D eigenvalue weighted by Gasteiger charge is -2.20. The summed E-state index contributed by atoms with van der Waals surface area (Å²) in [5.74, 6) is 0.773. The van der Waals surface area contributed by atoms with E-state index in [1.807, 2.05) is 28.9 Å². The second kappa shape index (κ2) is 5.93. The maximum absolute atomic E-state index is 4.48. The molecular weight excluding hydrogens is 284 g/mol. The van der Waals surface area contributed by atoms with Crippen LogP contribution in [0.15, 0.2) is 85.5 Å². The molecule has 4 heteroatoms. The number of imidazole rings is 1. The van der Waals surface area contributed by atoms with E-state index in [9.17, 15) is 0 Å². The van der Waals surface area contributed by atoms with Crippen molar-refractivity contribution in [3.05, 3.63) is 96.6 Å². The Labute approximate surface area is 134 Å². The van der Waals surface area contributed by atoms with Gasteiger partial charge in [0, 0.05) is 24.8 Å². The summed E-state index contributed by atoms with van der Waals surface area (Å²) in [6.07, 6.45) is 7.38. The van der Waals surface area contributed by atoms with Crippen molar-refractivity contribution < 1.29 is 0 Å². The first-order valence-corrected chi connectivity index (χ1v) is 7.56. The Hall–Kier alpha value is -3.14. The summed E-state index contributed by atoms with van der Waals surface area (Å²) in [6, 6.07) is 20.8. The number of rotatable bonds is 4. The number of hydrogen-bond donors (Lipinski definition) is 1. The molecule has 112 valence electrons. The second-order valence-corrected chi connectivity index (χ2v) is 5.33. The van der Waals surface area contributed by atoms with Crippen LogP contribution in [0.1, 0.15) is 17.2 Å². The van der Waals surface area contributed by atoms with Crippen molar-refractivity contribution in [3.63, 3.8) is 0 Å². The Morgan fingerprint density at radius 2 is 1.30 bits per heavy atom. The lowest BCUT2D eigenvalue weighted by molar-refractivity contribution is 0.922. The third-order valence-corrected chi connectivity index (χ3v) is 3.86. The summed E-state index contributed by atoms with van der Waals surface area (Å²) in [7, 11) is 0. The quantitative estimate of drug-likeness (QED) is 0.621. The van der Waals surface area contributed by atoms with Crippen molar-refractivity contribution >= 4 is 11.5 Å². The van der Waals surface area contributed by atoms with Gasteiger partial charge in [0.05, 0.1) is 6.04 Å². The maximum atomic E-state index is 4.48. The molecule has 0 saturated carbocycles. The van der Waals surface area contributed by atoms with Gasteiger partial charge in [-0.05, 0) is 11.1 Å². The molecule has 0 aliphatic carbocycles. The molecule has 0 amide bonds. The molecule has 0 fully saturated rings. The zero-order valence-corrected chi connectivity index (χ0v) is 12.5. The molecule has 4 nitrogen and oxygen atoms in total. The van der Waals surface area contributed by atoms with Gasteiger partial charge in [-0.3, -0.25) is 0 Å². The van der Waals surface area contributed by atoms with Crippen LogP contribution in [0.4, 0.5) is 5.82 Å². The molecule has 2 aromatic carbocycles. The minimum Gasteiger partial charge on any atom is -0.356 e. The summed E-state index contributed by atoms with van der Waals surface area (Å²) in [6.45, 7) is 0. The van der Waals surface area contributed by atoms with Crippen LogP contribution in [-0.4, -0.2) is 14.4 Å². The van der Waals surface area contributed by atoms with Crippen molar-refractivity contribution in [2.45, 2.75) is 6.04 Å². The van der Waals surface area contributed by atoms with Crippen LogP contribution in [0.5, 0.6) is 0 Å². The first kappa shape index (κ1) is 13.5. The zero-order chi connectivity index (χ0) is 15.5. The fourth-order valence-corrected chi connectivity index (χ4v) is 2.74. The average Bonchev–Trinajstić information content (AvgIpc) is 3.11. The van der Waals surface area contributed by atoms with Crippen molar-refractivity contribution in [2.24, 2.45) is 0 Å². The van der Waals surface area contributed by atoms with Crippen LogP contribution in [0.25, 0.3) is 5.65 Å². The number of benzene rings is 2. The molecule has 0 saturated heterocycles. The topological polar surface area (TPSA) is 42.2 Å². The van der Waals surface area contributed by atoms with Gasteiger partial charge in [0.2, 0.25) is 0 Å². The van der Waals surface area contributed by atoms with Crippen LogP contribution in [0.2, 0.25) is 0 Å². The summed E-state index contributed by atoms with van der Waals surface area (Å²) in [4.78, 5) is 8.87. The van der Waals surface area contributed by atoms with Gasteiger partial charge >= 0.3 is 0 Å². The highest BCUT2D eigenvalue weighted by molar-refractivity contribution is 5.64. The predicted octanol–water partition coefficient (Wildman–Crippen LogP) is 3.93. The number of hydrogen-bond acceptors (Lipinski definition) is 3. The molecule has 1 N–H and O–H groups in total. The molecule has 4 aromatic rings. The number of nitrogens with zero attached hydrogens (tertiary/aromatic N) is 3. The van der Waals surface area contributed by atoms with Gasteiger partial charge in [0.15, 0.2) is 11.5 Å². The van der Waals surface area contributed by atoms with Crippen LogP contribution in [0.3, 0.4) is 0 Å². The fraction of sp³-hybridized carbons (Fsp3) is 0.0526. The molecule has 2 heterocycles. The van der Waals surface area contributed by atoms with E-state index in [-0.39, 0.29) is 6.04 Å². The molecule has 4 rings (SSSR count). The van der Waals surface area contributed by atoms with Crippen LogP contribution in [-0.2, 0) is 0 Å². The van der Waals surface area contributed by atoms with Gasteiger partial charge in [-0.25, -0.2) is 9.97 Å². The third kappa shape index (κ3) is 2.66. The maximum Gasteiger partial charge on any atom is 0.180 e. The number of anilines is 1. The minimum atomic E-state index is 0.0211. The van der Waals surface area contributed by atoms with Crippen molar-refractivity contribution in [3.8, 4) is 0 Å². The van der Waals surface area contributed by atoms with Crippen molar-refractivity contribution in [2.75, 3.05) is 5.32 Å². The Balaban J connectivity index is 1.79. The second-order valence-electron chi connectivity index (χ2n) is 5.33. The third-order valence-electron chi connectivity index (χ3n) is 3.86. The van der Waals surface area contributed by atoms with E-state index in [0.717, 1.165) is 11.5 Å². The molecule has 0 bridgehead atoms. The summed E-state index contributed by atoms with van der Waals surface area (Å²) < 4.78 is 1.96. The smallest absolute Gasteiger partial charge is 0.180 e. The van der Waals surface area contributed by atoms with Gasteiger partial charge in [-0.15, -0.1) is 0 Å². The Bertz CT molecular complexity index is 861. The highest BCUT2D eigenvalue weighted by Crippen LogP contribution is 2.27. The van der Waals surface area contributed by atoms with E-state index in [1.165, 1.54) is 11.1 Å². The molecule has 0 aliphatic rings. The minimum absolute atomic E-state index is 0.0211. The first-order valence-electron chi connectivity index (χ1n) is 7.56. The summed E-state index contributed by atoms with van der Waals surface area (Å²) in [5.41, 5.74) is 3.20. The zero-order valence-electron chi connectivity index (χ0n) is 12.5. The fourth-order valence-electron chi connectivity index (χ4n) is 2.74. The molecule has 23 heavy (non-hydrogen) atoms. The van der Waals surface area contributed by atoms with Gasteiger partial charge in [-0.1, -0.05) is 60.7 Å². The highest BCUT2D eigenvalue weighted by Gasteiger charge is 2.16. The molecule has 0 aliphatic heterocycles. The molecule has 0 radical (unpaired) electrons. The van der Waals surface area contributed by atoms with Crippen LogP contribution < -0.4 is 5.32 Å². The van der Waals surface area contributed by atoms with E-state index >= 15 is 0 Å². The van der Waals surface area contributed by atoms with E-state index in [0.29, 0.717) is 0 Å². The monoisotopic (exact) mass is 300 g/mol. The van der Waals surface area contributed by atoms with E-state index in [4.69, 9.17) is 0 Å². The van der Waals surface area contributed by atoms with Gasteiger partial charge in [0.1, 0.15) is 0 Å². The van der Waals surface area contributed by atoms with Crippen molar-refractivity contribution in [1.29, 1.82) is 0 Å². The molecule has 0 unspecified atom stereocenters. The first-order chi connectivity index (χ1) is 11.4. The Morgan fingerprint density at radius 3 is 1.91 bits per heavy atom. The molecule has 2 aromatic heterocycles. The highest BCUT2D eigenvalue weighted by atomic mass is 15.1. The number of nitrogens with one attached hydrogen (secondary N) is 1. The van der Waals surface area contributed by atoms with Gasteiger partial charge in [0.25, 0.3) is 0 Å². The Morgan fingerprint density at radius 1 is 0.739 bits per heavy atom. The standard InChI is InChI=1S/C19H16N4/c1-3-7-15(8-4-1)17(16-9-5-2-6-10-16)22-18-19-21-12-14-23(19)13-11-20-18/h1-14,17H,(H,20,22). The van der Waals surface area contributed by atoms with E-state index < -0.39 is 0 Å². The lowest BCUT2D eigenvalue weighted by Crippen LogP contribution is -2.14. The Kier molecular flexibility index (Phi) is 3.48. The van der Waals surface area contributed by atoms with E-state index in [1.54, 1.807) is 12.4 Å². The normalized spacial score (nSPS) is 11.0. The summed E-state index contributed by atoms with van der Waals surface area (Å²) >= 11 is 0. The van der Waals surface area contributed by atoms with E-state index in [2.05, 4.69) is 63.8 Å². The van der Waals surface area contributed by atoms with Crippen LogP contribution >= 0.6 is 0 Å². The largest absolute Gasteiger partial charge is 0.356 e. The number of aromatic nitrogens is 3. The van der Waals surface area contributed by atoms with Gasteiger partial charge in [-0.2, -0.15) is 0 Å². The van der Waals surface area contributed by atoms with Gasteiger partial charge < -0.3 is 9.72 Å².